The third-order valence-electron chi connectivity index (χ3n) is 4.10. The highest BCUT2D eigenvalue weighted by Crippen LogP contribution is 2.27. The topological polar surface area (TPSA) is 76.7 Å². The van der Waals surface area contributed by atoms with Crippen LogP contribution in [0.15, 0.2) is 28.7 Å². The van der Waals surface area contributed by atoms with Crippen LogP contribution in [0.4, 0.5) is 0 Å². The normalized spacial score (nSPS) is 29.1. The SMILES string of the molecule is CC(=O)N[C@H]1CO[C@H]2[C@@H]1OC[C@@H]2NC(=O)Cc1ccccc1Br. The second kappa shape index (κ2) is 6.98. The first kappa shape index (κ1) is 16.4. The molecule has 0 aliphatic carbocycles. The van der Waals surface area contributed by atoms with Crippen molar-refractivity contribution in [3.05, 3.63) is 34.3 Å². The number of ether oxygens (including phenoxy) is 2. The van der Waals surface area contributed by atoms with Crippen molar-refractivity contribution >= 4 is 27.7 Å². The molecular formula is C16H19BrN2O4. The van der Waals surface area contributed by atoms with Crippen LogP contribution >= 0.6 is 15.9 Å². The molecule has 0 unspecified atom stereocenters. The Balaban J connectivity index is 1.56. The van der Waals surface area contributed by atoms with Gasteiger partial charge in [-0.1, -0.05) is 34.1 Å². The van der Waals surface area contributed by atoms with Crippen LogP contribution < -0.4 is 10.6 Å². The molecule has 1 aromatic carbocycles. The zero-order valence-electron chi connectivity index (χ0n) is 12.8. The fourth-order valence-corrected chi connectivity index (χ4v) is 3.51. The van der Waals surface area contributed by atoms with E-state index in [0.717, 1.165) is 10.0 Å². The summed E-state index contributed by atoms with van der Waals surface area (Å²) in [4.78, 5) is 23.4. The fourth-order valence-electron chi connectivity index (χ4n) is 3.08. The van der Waals surface area contributed by atoms with Crippen LogP contribution in [0, 0.1) is 0 Å². The van der Waals surface area contributed by atoms with Gasteiger partial charge in [-0.05, 0) is 11.6 Å². The minimum atomic E-state index is -0.213. The molecule has 2 aliphatic rings. The Kier molecular flexibility index (Phi) is 4.99. The Morgan fingerprint density at radius 2 is 1.74 bits per heavy atom. The average molecular weight is 383 g/mol. The van der Waals surface area contributed by atoms with Crippen molar-refractivity contribution < 1.29 is 19.1 Å². The number of fused-ring (bicyclic) bond motifs is 1. The molecule has 0 saturated carbocycles. The smallest absolute Gasteiger partial charge is 0.224 e. The van der Waals surface area contributed by atoms with Crippen molar-refractivity contribution in [3.63, 3.8) is 0 Å². The molecule has 7 heteroatoms. The first-order valence-electron chi connectivity index (χ1n) is 7.57. The van der Waals surface area contributed by atoms with E-state index >= 15 is 0 Å². The van der Waals surface area contributed by atoms with Gasteiger partial charge in [0.25, 0.3) is 0 Å². The third-order valence-corrected chi connectivity index (χ3v) is 4.87. The lowest BCUT2D eigenvalue weighted by Gasteiger charge is -2.18. The molecule has 2 aliphatic heterocycles. The zero-order chi connectivity index (χ0) is 16.4. The maximum absolute atomic E-state index is 12.3. The van der Waals surface area contributed by atoms with Gasteiger partial charge in [-0.25, -0.2) is 0 Å². The molecule has 2 heterocycles. The highest BCUT2D eigenvalue weighted by Gasteiger charge is 2.48. The maximum atomic E-state index is 12.3. The highest BCUT2D eigenvalue weighted by molar-refractivity contribution is 9.10. The van der Waals surface area contributed by atoms with Crippen molar-refractivity contribution in [1.29, 1.82) is 0 Å². The second-order valence-electron chi connectivity index (χ2n) is 5.85. The summed E-state index contributed by atoms with van der Waals surface area (Å²) in [5.41, 5.74) is 0.934. The minimum absolute atomic E-state index is 0.0715. The Bertz CT molecular complexity index is 609. The summed E-state index contributed by atoms with van der Waals surface area (Å²) in [7, 11) is 0. The molecular weight excluding hydrogens is 364 g/mol. The van der Waals surface area contributed by atoms with Gasteiger partial charge in [-0.3, -0.25) is 9.59 Å². The Morgan fingerprint density at radius 3 is 2.35 bits per heavy atom. The molecule has 2 fully saturated rings. The average Bonchev–Trinajstić information content (AvgIpc) is 3.05. The van der Waals surface area contributed by atoms with Crippen molar-refractivity contribution in [3.8, 4) is 0 Å². The lowest BCUT2D eigenvalue weighted by Crippen LogP contribution is -2.46. The predicted molar refractivity (Wildman–Crippen MR) is 86.9 cm³/mol. The van der Waals surface area contributed by atoms with Gasteiger partial charge in [0.15, 0.2) is 0 Å². The summed E-state index contributed by atoms with van der Waals surface area (Å²) in [6, 6.07) is 7.30. The number of carbonyl (C=O) groups is 2. The number of rotatable bonds is 4. The summed E-state index contributed by atoms with van der Waals surface area (Å²) < 4.78 is 12.3. The molecule has 6 nitrogen and oxygen atoms in total. The van der Waals surface area contributed by atoms with Gasteiger partial charge in [-0.2, -0.15) is 0 Å². The molecule has 1 aromatic rings. The molecule has 0 aromatic heterocycles. The Morgan fingerprint density at radius 1 is 1.13 bits per heavy atom. The van der Waals surface area contributed by atoms with Crippen LogP contribution in [0.1, 0.15) is 12.5 Å². The number of amides is 2. The van der Waals surface area contributed by atoms with Gasteiger partial charge in [0, 0.05) is 11.4 Å². The van der Waals surface area contributed by atoms with Crippen LogP contribution in [0.2, 0.25) is 0 Å². The number of benzene rings is 1. The van der Waals surface area contributed by atoms with E-state index in [-0.39, 0.29) is 36.1 Å². The van der Waals surface area contributed by atoms with E-state index in [9.17, 15) is 9.59 Å². The fraction of sp³-hybridized carbons (Fsp3) is 0.500. The zero-order valence-corrected chi connectivity index (χ0v) is 14.3. The van der Waals surface area contributed by atoms with Gasteiger partial charge in [0.2, 0.25) is 11.8 Å². The molecule has 0 radical (unpaired) electrons. The number of nitrogens with one attached hydrogen (secondary N) is 2. The summed E-state index contributed by atoms with van der Waals surface area (Å²) in [6.45, 7) is 2.28. The first-order valence-corrected chi connectivity index (χ1v) is 8.37. The summed E-state index contributed by atoms with van der Waals surface area (Å²) in [5, 5.41) is 5.80. The highest BCUT2D eigenvalue weighted by atomic mass is 79.9. The second-order valence-corrected chi connectivity index (χ2v) is 6.70. The number of carbonyl (C=O) groups excluding carboxylic acids is 2. The molecule has 23 heavy (non-hydrogen) atoms. The largest absolute Gasteiger partial charge is 0.371 e. The van der Waals surface area contributed by atoms with Crippen LogP contribution in [0.3, 0.4) is 0 Å². The summed E-state index contributed by atoms with van der Waals surface area (Å²) in [5.74, 6) is -0.179. The quantitative estimate of drug-likeness (QED) is 0.806. The van der Waals surface area contributed by atoms with Gasteiger partial charge < -0.3 is 20.1 Å². The molecule has 3 rings (SSSR count). The van der Waals surface area contributed by atoms with E-state index in [4.69, 9.17) is 9.47 Å². The maximum Gasteiger partial charge on any atom is 0.224 e. The van der Waals surface area contributed by atoms with Crippen molar-refractivity contribution in [2.24, 2.45) is 0 Å². The Hall–Kier alpha value is -1.44. The lowest BCUT2D eigenvalue weighted by molar-refractivity contribution is -0.122. The van der Waals surface area contributed by atoms with Crippen LogP contribution in [-0.2, 0) is 25.5 Å². The van der Waals surface area contributed by atoms with E-state index in [1.807, 2.05) is 24.3 Å². The van der Waals surface area contributed by atoms with E-state index in [1.165, 1.54) is 6.92 Å². The van der Waals surface area contributed by atoms with E-state index in [1.54, 1.807) is 0 Å². The van der Waals surface area contributed by atoms with Crippen molar-refractivity contribution in [1.82, 2.24) is 10.6 Å². The van der Waals surface area contributed by atoms with Crippen molar-refractivity contribution in [2.45, 2.75) is 37.6 Å². The van der Waals surface area contributed by atoms with E-state index in [0.29, 0.717) is 19.6 Å². The van der Waals surface area contributed by atoms with E-state index in [2.05, 4.69) is 26.6 Å². The van der Waals surface area contributed by atoms with Gasteiger partial charge in [0.05, 0.1) is 31.7 Å². The van der Waals surface area contributed by atoms with Gasteiger partial charge >= 0.3 is 0 Å². The van der Waals surface area contributed by atoms with E-state index < -0.39 is 0 Å². The Labute approximate surface area is 143 Å². The first-order chi connectivity index (χ1) is 11.0. The van der Waals surface area contributed by atoms with Crippen molar-refractivity contribution in [2.75, 3.05) is 13.2 Å². The number of hydrogen-bond donors (Lipinski definition) is 2. The molecule has 124 valence electrons. The van der Waals surface area contributed by atoms with Gasteiger partial charge in [0.1, 0.15) is 12.2 Å². The van der Waals surface area contributed by atoms with Crippen LogP contribution in [0.25, 0.3) is 0 Å². The predicted octanol–water partition coefficient (Wildman–Crippen LogP) is 0.779. The molecule has 2 amide bonds. The number of halogens is 1. The minimum Gasteiger partial charge on any atom is -0.371 e. The molecule has 4 atom stereocenters. The summed E-state index contributed by atoms with van der Waals surface area (Å²) in [6.07, 6.45) is -0.118. The molecule has 2 N–H and O–H groups in total. The summed E-state index contributed by atoms with van der Waals surface area (Å²) >= 11 is 3.44. The molecule has 0 spiro atoms. The lowest BCUT2D eigenvalue weighted by atomic mass is 10.1. The molecule has 0 bridgehead atoms. The van der Waals surface area contributed by atoms with Gasteiger partial charge in [-0.15, -0.1) is 0 Å². The number of hydrogen-bond acceptors (Lipinski definition) is 4. The third kappa shape index (κ3) is 3.73. The monoisotopic (exact) mass is 382 g/mol. The standard InChI is InChI=1S/C16H19BrN2O4/c1-9(20)18-12-7-22-16-13(8-23-15(12)16)19-14(21)6-10-4-2-3-5-11(10)17/h2-5,12-13,15-16H,6-8H2,1H3,(H,18,20)(H,19,21)/t12-,13-,15+,16+/m0/s1. The molecule has 2 saturated heterocycles. The van der Waals surface area contributed by atoms with Crippen LogP contribution in [-0.4, -0.2) is 49.3 Å². The van der Waals surface area contributed by atoms with Crippen LogP contribution in [0.5, 0.6) is 0 Å².